The highest BCUT2D eigenvalue weighted by Crippen LogP contribution is 2.23. The topological polar surface area (TPSA) is 55.1 Å². The molecule has 1 amide bonds. The van der Waals surface area contributed by atoms with Crippen molar-refractivity contribution in [3.8, 4) is 0 Å². The second-order valence-corrected chi connectivity index (χ2v) is 5.04. The molecule has 0 aliphatic rings. The van der Waals surface area contributed by atoms with E-state index in [4.69, 9.17) is 5.73 Å². The van der Waals surface area contributed by atoms with Crippen LogP contribution < -0.4 is 11.1 Å². The van der Waals surface area contributed by atoms with Crippen LogP contribution in [0.15, 0.2) is 46.9 Å². The third-order valence-electron chi connectivity index (χ3n) is 2.92. The van der Waals surface area contributed by atoms with E-state index in [9.17, 15) is 4.79 Å². The Morgan fingerprint density at radius 2 is 1.95 bits per heavy atom. The maximum absolute atomic E-state index is 12.3. The third kappa shape index (κ3) is 3.03. The molecule has 4 heteroatoms. The van der Waals surface area contributed by atoms with Crippen molar-refractivity contribution < 1.29 is 4.79 Å². The number of anilines is 1. The first-order valence-electron chi connectivity index (χ1n) is 5.98. The predicted octanol–water partition coefficient (Wildman–Crippen LogP) is 3.47. The zero-order chi connectivity index (χ0) is 13.8. The lowest BCUT2D eigenvalue weighted by Gasteiger charge is -2.11. The Balaban J connectivity index is 2.28. The number of benzene rings is 2. The van der Waals surface area contributed by atoms with E-state index < -0.39 is 0 Å². The average molecular weight is 319 g/mol. The quantitative estimate of drug-likeness (QED) is 0.910. The smallest absolute Gasteiger partial charge is 0.256 e. The standard InChI is InChI=1S/C15H15BrN2O/c1-10-5-4-7-12(14(10)16)15(19)18-13-8-3-2-6-11(13)9-17/h2-8H,9,17H2,1H3,(H,18,19). The van der Waals surface area contributed by atoms with E-state index in [1.165, 1.54) is 0 Å². The van der Waals surface area contributed by atoms with Gasteiger partial charge in [0.15, 0.2) is 0 Å². The largest absolute Gasteiger partial charge is 0.326 e. The summed E-state index contributed by atoms with van der Waals surface area (Å²) in [6.45, 7) is 2.35. The number of carbonyl (C=O) groups excluding carboxylic acids is 1. The summed E-state index contributed by atoms with van der Waals surface area (Å²) in [5, 5.41) is 2.90. The Morgan fingerprint density at radius 1 is 1.21 bits per heavy atom. The number of aryl methyl sites for hydroxylation is 1. The molecule has 0 unspecified atom stereocenters. The number of halogens is 1. The molecule has 3 nitrogen and oxygen atoms in total. The van der Waals surface area contributed by atoms with Crippen LogP contribution in [-0.2, 0) is 6.54 Å². The van der Waals surface area contributed by atoms with Crippen LogP contribution in [0.4, 0.5) is 5.69 Å². The SMILES string of the molecule is Cc1cccc(C(=O)Nc2ccccc2CN)c1Br. The zero-order valence-electron chi connectivity index (χ0n) is 10.6. The predicted molar refractivity (Wildman–Crippen MR) is 81.2 cm³/mol. The van der Waals surface area contributed by atoms with E-state index in [-0.39, 0.29) is 5.91 Å². The first-order valence-corrected chi connectivity index (χ1v) is 6.77. The first-order chi connectivity index (χ1) is 9.13. The molecule has 2 rings (SSSR count). The van der Waals surface area contributed by atoms with Crippen molar-refractivity contribution >= 4 is 27.5 Å². The zero-order valence-corrected chi connectivity index (χ0v) is 12.2. The lowest BCUT2D eigenvalue weighted by molar-refractivity contribution is 0.102. The molecule has 2 aromatic carbocycles. The minimum Gasteiger partial charge on any atom is -0.326 e. The number of rotatable bonds is 3. The van der Waals surface area contributed by atoms with E-state index in [1.54, 1.807) is 6.07 Å². The Labute approximate surface area is 121 Å². The number of para-hydroxylation sites is 1. The second kappa shape index (κ2) is 5.99. The molecule has 0 bridgehead atoms. The average Bonchev–Trinajstić information content (AvgIpc) is 2.42. The molecule has 0 spiro atoms. The number of nitrogens with two attached hydrogens (primary N) is 1. The molecular formula is C15H15BrN2O. The van der Waals surface area contributed by atoms with Crippen molar-refractivity contribution in [3.63, 3.8) is 0 Å². The molecular weight excluding hydrogens is 304 g/mol. The molecule has 19 heavy (non-hydrogen) atoms. The van der Waals surface area contributed by atoms with Gasteiger partial charge >= 0.3 is 0 Å². The molecule has 0 radical (unpaired) electrons. The Bertz CT molecular complexity index is 611. The number of nitrogens with one attached hydrogen (secondary N) is 1. The lowest BCUT2D eigenvalue weighted by atomic mass is 10.1. The Hall–Kier alpha value is -1.65. The molecule has 0 aliphatic carbocycles. The van der Waals surface area contributed by atoms with Gasteiger partial charge in [-0.1, -0.05) is 30.3 Å². The van der Waals surface area contributed by atoms with Gasteiger partial charge in [0.2, 0.25) is 0 Å². The highest BCUT2D eigenvalue weighted by molar-refractivity contribution is 9.10. The molecule has 98 valence electrons. The van der Waals surface area contributed by atoms with Gasteiger partial charge in [0.05, 0.1) is 5.56 Å². The molecule has 2 aromatic rings. The Kier molecular flexibility index (Phi) is 4.35. The van der Waals surface area contributed by atoms with Crippen LogP contribution in [0.1, 0.15) is 21.5 Å². The van der Waals surface area contributed by atoms with Crippen LogP contribution in [0, 0.1) is 6.92 Å². The van der Waals surface area contributed by atoms with E-state index in [0.717, 1.165) is 21.3 Å². The summed E-state index contributed by atoms with van der Waals surface area (Å²) in [4.78, 5) is 12.3. The fraction of sp³-hybridized carbons (Fsp3) is 0.133. The van der Waals surface area contributed by atoms with E-state index >= 15 is 0 Å². The first kappa shape index (κ1) is 13.8. The molecule has 0 fully saturated rings. The van der Waals surface area contributed by atoms with Crippen LogP contribution in [0.5, 0.6) is 0 Å². The van der Waals surface area contributed by atoms with Crippen molar-refractivity contribution in [3.05, 3.63) is 63.6 Å². The van der Waals surface area contributed by atoms with Crippen molar-refractivity contribution in [2.75, 3.05) is 5.32 Å². The number of carbonyl (C=O) groups is 1. The molecule has 0 aliphatic heterocycles. The summed E-state index contributed by atoms with van der Waals surface area (Å²) in [7, 11) is 0. The fourth-order valence-corrected chi connectivity index (χ4v) is 2.28. The highest BCUT2D eigenvalue weighted by Gasteiger charge is 2.12. The minimum atomic E-state index is -0.142. The van der Waals surface area contributed by atoms with Crippen molar-refractivity contribution in [1.29, 1.82) is 0 Å². The van der Waals surface area contributed by atoms with Gasteiger partial charge < -0.3 is 11.1 Å². The minimum absolute atomic E-state index is 0.142. The molecule has 3 N–H and O–H groups in total. The maximum atomic E-state index is 12.3. The van der Waals surface area contributed by atoms with Gasteiger partial charge in [0, 0.05) is 16.7 Å². The summed E-state index contributed by atoms with van der Waals surface area (Å²) in [6, 6.07) is 13.1. The van der Waals surface area contributed by atoms with E-state index in [1.807, 2.05) is 43.3 Å². The number of hydrogen-bond donors (Lipinski definition) is 2. The summed E-state index contributed by atoms with van der Waals surface area (Å²) in [5.74, 6) is -0.142. The highest BCUT2D eigenvalue weighted by atomic mass is 79.9. The normalized spacial score (nSPS) is 10.3. The molecule has 0 aromatic heterocycles. The fourth-order valence-electron chi connectivity index (χ4n) is 1.83. The van der Waals surface area contributed by atoms with Gasteiger partial charge in [0.25, 0.3) is 5.91 Å². The third-order valence-corrected chi connectivity index (χ3v) is 3.97. The molecule has 0 saturated carbocycles. The van der Waals surface area contributed by atoms with Crippen LogP contribution in [0.25, 0.3) is 0 Å². The summed E-state index contributed by atoms with van der Waals surface area (Å²) in [5.41, 5.74) is 8.97. The van der Waals surface area contributed by atoms with Crippen molar-refractivity contribution in [2.45, 2.75) is 13.5 Å². The number of hydrogen-bond acceptors (Lipinski definition) is 2. The van der Waals surface area contributed by atoms with E-state index in [2.05, 4.69) is 21.2 Å². The van der Waals surface area contributed by atoms with Gasteiger partial charge in [-0.15, -0.1) is 0 Å². The number of amides is 1. The monoisotopic (exact) mass is 318 g/mol. The van der Waals surface area contributed by atoms with Crippen LogP contribution in [-0.4, -0.2) is 5.91 Å². The molecule has 0 atom stereocenters. The maximum Gasteiger partial charge on any atom is 0.256 e. The van der Waals surface area contributed by atoms with Gasteiger partial charge in [-0.2, -0.15) is 0 Å². The Morgan fingerprint density at radius 3 is 2.68 bits per heavy atom. The van der Waals surface area contributed by atoms with E-state index in [0.29, 0.717) is 12.1 Å². The van der Waals surface area contributed by atoms with Crippen LogP contribution in [0.3, 0.4) is 0 Å². The van der Waals surface area contributed by atoms with Crippen molar-refractivity contribution in [1.82, 2.24) is 0 Å². The summed E-state index contributed by atoms with van der Waals surface area (Å²) >= 11 is 3.44. The second-order valence-electron chi connectivity index (χ2n) is 4.25. The summed E-state index contributed by atoms with van der Waals surface area (Å²) < 4.78 is 0.817. The molecule has 0 saturated heterocycles. The van der Waals surface area contributed by atoms with Gasteiger partial charge in [0.1, 0.15) is 0 Å². The van der Waals surface area contributed by atoms with Gasteiger partial charge in [-0.25, -0.2) is 0 Å². The lowest BCUT2D eigenvalue weighted by Crippen LogP contribution is -2.15. The summed E-state index contributed by atoms with van der Waals surface area (Å²) in [6.07, 6.45) is 0. The van der Waals surface area contributed by atoms with Crippen LogP contribution >= 0.6 is 15.9 Å². The molecule has 0 heterocycles. The van der Waals surface area contributed by atoms with Crippen LogP contribution in [0.2, 0.25) is 0 Å². The van der Waals surface area contributed by atoms with Gasteiger partial charge in [-0.3, -0.25) is 4.79 Å². The van der Waals surface area contributed by atoms with Gasteiger partial charge in [-0.05, 0) is 46.1 Å². The van der Waals surface area contributed by atoms with Crippen molar-refractivity contribution in [2.24, 2.45) is 5.73 Å².